The van der Waals surface area contributed by atoms with Crippen LogP contribution >= 0.6 is 15.9 Å². The zero-order valence-corrected chi connectivity index (χ0v) is 11.3. The molecule has 2 aromatic rings. The lowest BCUT2D eigenvalue weighted by Crippen LogP contribution is -2.04. The molecule has 2 nitrogen and oxygen atoms in total. The second-order valence-electron chi connectivity index (χ2n) is 3.85. The molecule has 0 radical (unpaired) electrons. The van der Waals surface area contributed by atoms with Crippen LogP contribution in [0.5, 0.6) is 5.75 Å². The van der Waals surface area contributed by atoms with Crippen LogP contribution in [-0.4, -0.2) is 0 Å². The number of rotatable bonds is 4. The Labute approximate surface area is 114 Å². The Bertz CT molecular complexity index is 528. The molecule has 2 rings (SSSR count). The van der Waals surface area contributed by atoms with Crippen molar-refractivity contribution in [2.75, 3.05) is 0 Å². The van der Waals surface area contributed by atoms with E-state index in [9.17, 15) is 4.39 Å². The van der Waals surface area contributed by atoms with Crippen LogP contribution < -0.4 is 10.5 Å². The number of nitrogens with two attached hydrogens (primary N) is 1. The summed E-state index contributed by atoms with van der Waals surface area (Å²) in [4.78, 5) is 0. The summed E-state index contributed by atoms with van der Waals surface area (Å²) in [6.45, 7) is 0.578. The number of hydrogen-bond donors (Lipinski definition) is 1. The first-order valence-electron chi connectivity index (χ1n) is 5.55. The quantitative estimate of drug-likeness (QED) is 0.936. The van der Waals surface area contributed by atoms with Gasteiger partial charge in [0.2, 0.25) is 0 Å². The maximum Gasteiger partial charge on any atom is 0.165 e. The van der Waals surface area contributed by atoms with Gasteiger partial charge < -0.3 is 10.5 Å². The van der Waals surface area contributed by atoms with Gasteiger partial charge in [0.1, 0.15) is 6.61 Å². The van der Waals surface area contributed by atoms with E-state index in [1.807, 2.05) is 24.3 Å². The van der Waals surface area contributed by atoms with E-state index in [0.717, 1.165) is 10.0 Å². The van der Waals surface area contributed by atoms with E-state index < -0.39 is 0 Å². The molecule has 0 aliphatic carbocycles. The van der Waals surface area contributed by atoms with Gasteiger partial charge in [0, 0.05) is 16.6 Å². The van der Waals surface area contributed by atoms with Crippen molar-refractivity contribution in [3.8, 4) is 5.75 Å². The molecule has 0 atom stereocenters. The zero-order valence-electron chi connectivity index (χ0n) is 9.70. The number of para-hydroxylation sites is 1. The first-order valence-corrected chi connectivity index (χ1v) is 6.34. The number of benzene rings is 2. The van der Waals surface area contributed by atoms with Gasteiger partial charge in [-0.05, 0) is 23.8 Å². The fourth-order valence-corrected chi connectivity index (χ4v) is 1.88. The summed E-state index contributed by atoms with van der Waals surface area (Å²) in [5, 5.41) is 0. The highest BCUT2D eigenvalue weighted by Crippen LogP contribution is 2.23. The zero-order chi connectivity index (χ0) is 13.0. The molecule has 0 unspecified atom stereocenters. The van der Waals surface area contributed by atoms with Crippen molar-refractivity contribution < 1.29 is 9.13 Å². The predicted octanol–water partition coefficient (Wildman–Crippen LogP) is 3.63. The number of hydrogen-bond acceptors (Lipinski definition) is 2. The van der Waals surface area contributed by atoms with Gasteiger partial charge in [-0.1, -0.05) is 40.2 Å². The molecule has 0 aromatic heterocycles. The molecule has 0 amide bonds. The Kier molecular flexibility index (Phi) is 4.33. The van der Waals surface area contributed by atoms with E-state index in [1.54, 1.807) is 12.1 Å². The lowest BCUT2D eigenvalue weighted by Gasteiger charge is -2.11. The molecule has 0 saturated heterocycles. The molecule has 0 aliphatic rings. The van der Waals surface area contributed by atoms with Gasteiger partial charge in [0.05, 0.1) is 0 Å². The Morgan fingerprint density at radius 3 is 2.50 bits per heavy atom. The first kappa shape index (κ1) is 13.1. The van der Waals surface area contributed by atoms with Crippen LogP contribution in [0.1, 0.15) is 11.1 Å². The summed E-state index contributed by atoms with van der Waals surface area (Å²) in [6, 6.07) is 12.5. The van der Waals surface area contributed by atoms with Gasteiger partial charge >= 0.3 is 0 Å². The van der Waals surface area contributed by atoms with Crippen LogP contribution in [0.4, 0.5) is 4.39 Å². The molecular weight excluding hydrogens is 297 g/mol. The minimum atomic E-state index is -0.380. The lowest BCUT2D eigenvalue weighted by molar-refractivity contribution is 0.287. The van der Waals surface area contributed by atoms with Crippen LogP contribution in [0.25, 0.3) is 0 Å². The third-order valence-corrected chi connectivity index (χ3v) is 3.09. The van der Waals surface area contributed by atoms with Crippen molar-refractivity contribution in [1.29, 1.82) is 0 Å². The van der Waals surface area contributed by atoms with E-state index >= 15 is 0 Å². The molecular formula is C14H13BrFNO. The monoisotopic (exact) mass is 309 g/mol. The second kappa shape index (κ2) is 5.98. The number of halogens is 2. The largest absolute Gasteiger partial charge is 0.485 e. The molecule has 2 N–H and O–H groups in total. The SMILES string of the molecule is NCc1cccc(F)c1OCc1ccc(Br)cc1. The summed E-state index contributed by atoms with van der Waals surface area (Å²) in [7, 11) is 0. The average molecular weight is 310 g/mol. The van der Waals surface area contributed by atoms with Crippen molar-refractivity contribution >= 4 is 15.9 Å². The summed E-state index contributed by atoms with van der Waals surface area (Å²) < 4.78 is 20.1. The molecule has 94 valence electrons. The predicted molar refractivity (Wildman–Crippen MR) is 72.8 cm³/mol. The summed E-state index contributed by atoms with van der Waals surface area (Å²) >= 11 is 3.36. The van der Waals surface area contributed by atoms with E-state index in [2.05, 4.69) is 15.9 Å². The molecule has 2 aromatic carbocycles. The molecule has 4 heteroatoms. The van der Waals surface area contributed by atoms with Crippen LogP contribution in [0.2, 0.25) is 0 Å². The maximum atomic E-state index is 13.6. The minimum absolute atomic E-state index is 0.239. The Morgan fingerprint density at radius 1 is 1.11 bits per heavy atom. The Balaban J connectivity index is 2.12. The fraction of sp³-hybridized carbons (Fsp3) is 0.143. The Morgan fingerprint density at radius 2 is 1.83 bits per heavy atom. The van der Waals surface area contributed by atoms with Gasteiger partial charge in [-0.25, -0.2) is 4.39 Å². The average Bonchev–Trinajstić information content (AvgIpc) is 2.39. The van der Waals surface area contributed by atoms with Gasteiger partial charge in [0.15, 0.2) is 11.6 Å². The van der Waals surface area contributed by atoms with Crippen molar-refractivity contribution in [1.82, 2.24) is 0 Å². The van der Waals surface area contributed by atoms with Gasteiger partial charge in [-0.2, -0.15) is 0 Å². The molecule has 0 heterocycles. The highest BCUT2D eigenvalue weighted by Gasteiger charge is 2.08. The topological polar surface area (TPSA) is 35.2 Å². The van der Waals surface area contributed by atoms with E-state index in [0.29, 0.717) is 12.2 Å². The Hall–Kier alpha value is -1.39. The molecule has 0 fully saturated rings. The first-order chi connectivity index (χ1) is 8.70. The molecule has 18 heavy (non-hydrogen) atoms. The van der Waals surface area contributed by atoms with Gasteiger partial charge in [0.25, 0.3) is 0 Å². The summed E-state index contributed by atoms with van der Waals surface area (Å²) in [5.74, 6) is -0.141. The van der Waals surface area contributed by atoms with Crippen molar-refractivity contribution in [3.05, 3.63) is 63.9 Å². The minimum Gasteiger partial charge on any atom is -0.485 e. The van der Waals surface area contributed by atoms with Crippen LogP contribution in [0.3, 0.4) is 0 Å². The third kappa shape index (κ3) is 3.09. The van der Waals surface area contributed by atoms with E-state index in [1.165, 1.54) is 6.07 Å². The van der Waals surface area contributed by atoms with Crippen molar-refractivity contribution in [2.24, 2.45) is 5.73 Å². The molecule has 0 aliphatic heterocycles. The van der Waals surface area contributed by atoms with E-state index in [4.69, 9.17) is 10.5 Å². The highest BCUT2D eigenvalue weighted by atomic mass is 79.9. The van der Waals surface area contributed by atoms with Crippen LogP contribution in [-0.2, 0) is 13.2 Å². The second-order valence-corrected chi connectivity index (χ2v) is 4.76. The fourth-order valence-electron chi connectivity index (χ4n) is 1.61. The normalized spacial score (nSPS) is 10.4. The van der Waals surface area contributed by atoms with Crippen LogP contribution in [0.15, 0.2) is 46.9 Å². The number of ether oxygens (including phenoxy) is 1. The van der Waals surface area contributed by atoms with Gasteiger partial charge in [-0.3, -0.25) is 0 Å². The third-order valence-electron chi connectivity index (χ3n) is 2.56. The van der Waals surface area contributed by atoms with E-state index in [-0.39, 0.29) is 18.1 Å². The standard InChI is InChI=1S/C14H13BrFNO/c15-12-6-4-10(5-7-12)9-18-14-11(8-17)2-1-3-13(14)16/h1-7H,8-9,17H2. The van der Waals surface area contributed by atoms with Crippen molar-refractivity contribution in [3.63, 3.8) is 0 Å². The van der Waals surface area contributed by atoms with Gasteiger partial charge in [-0.15, -0.1) is 0 Å². The molecule has 0 saturated carbocycles. The van der Waals surface area contributed by atoms with Crippen LogP contribution in [0, 0.1) is 5.82 Å². The summed E-state index contributed by atoms with van der Waals surface area (Å²) in [6.07, 6.45) is 0. The molecule has 0 bridgehead atoms. The molecule has 0 spiro atoms. The summed E-state index contributed by atoms with van der Waals surface area (Å²) in [5.41, 5.74) is 7.21. The highest BCUT2D eigenvalue weighted by molar-refractivity contribution is 9.10. The maximum absolute atomic E-state index is 13.6. The lowest BCUT2D eigenvalue weighted by atomic mass is 10.2. The van der Waals surface area contributed by atoms with Crippen molar-refractivity contribution in [2.45, 2.75) is 13.2 Å². The smallest absolute Gasteiger partial charge is 0.165 e.